The van der Waals surface area contributed by atoms with E-state index in [4.69, 9.17) is 5.73 Å². The number of halogens is 1. The zero-order valence-corrected chi connectivity index (χ0v) is 10.2. The van der Waals surface area contributed by atoms with Gasteiger partial charge in [0.15, 0.2) is 5.82 Å². The summed E-state index contributed by atoms with van der Waals surface area (Å²) >= 11 is 2.26. The molecule has 2 aromatic rings. The summed E-state index contributed by atoms with van der Waals surface area (Å²) in [6.07, 6.45) is 1.49. The monoisotopic (exact) mass is 302 g/mol. The quantitative estimate of drug-likeness (QED) is 0.820. The van der Waals surface area contributed by atoms with Gasteiger partial charge in [-0.2, -0.15) is 5.10 Å². The number of nitrogen functional groups attached to an aromatic ring is 1. The van der Waals surface area contributed by atoms with Crippen LogP contribution in [0.5, 0.6) is 0 Å². The standard InChI is InChI=1S/C9H11IN4/c1-5(2)7-3-6(10)8-9(11)12-4-13-14(7)8/h3-5H,1-2H3,(H2,11,12,13). The Balaban J connectivity index is 2.84. The van der Waals surface area contributed by atoms with Gasteiger partial charge in [0.2, 0.25) is 0 Å². The maximum absolute atomic E-state index is 5.79. The first-order valence-corrected chi connectivity index (χ1v) is 5.46. The second kappa shape index (κ2) is 3.38. The predicted molar refractivity (Wildman–Crippen MR) is 64.2 cm³/mol. The molecule has 2 heterocycles. The number of fused-ring (bicyclic) bond motifs is 1. The molecule has 0 amide bonds. The number of rotatable bonds is 1. The van der Waals surface area contributed by atoms with E-state index in [1.54, 1.807) is 0 Å². The molecule has 0 spiro atoms. The van der Waals surface area contributed by atoms with Crippen LogP contribution >= 0.6 is 22.6 Å². The van der Waals surface area contributed by atoms with Gasteiger partial charge in [0.25, 0.3) is 0 Å². The molecule has 2 aromatic heterocycles. The van der Waals surface area contributed by atoms with Gasteiger partial charge in [0.05, 0.1) is 0 Å². The van der Waals surface area contributed by atoms with E-state index in [0.717, 1.165) is 9.09 Å². The largest absolute Gasteiger partial charge is 0.382 e. The zero-order chi connectivity index (χ0) is 10.3. The van der Waals surface area contributed by atoms with Crippen LogP contribution < -0.4 is 5.73 Å². The minimum Gasteiger partial charge on any atom is -0.382 e. The van der Waals surface area contributed by atoms with Crippen LogP contribution in [0.3, 0.4) is 0 Å². The van der Waals surface area contributed by atoms with Crippen molar-refractivity contribution in [1.82, 2.24) is 14.6 Å². The summed E-state index contributed by atoms with van der Waals surface area (Å²) in [7, 11) is 0. The van der Waals surface area contributed by atoms with Crippen molar-refractivity contribution in [2.75, 3.05) is 5.73 Å². The summed E-state index contributed by atoms with van der Waals surface area (Å²) in [5.41, 5.74) is 7.87. The summed E-state index contributed by atoms with van der Waals surface area (Å²) in [5, 5.41) is 4.20. The van der Waals surface area contributed by atoms with E-state index in [2.05, 4.69) is 52.6 Å². The van der Waals surface area contributed by atoms with E-state index in [9.17, 15) is 0 Å². The van der Waals surface area contributed by atoms with E-state index >= 15 is 0 Å². The molecule has 4 nitrogen and oxygen atoms in total. The van der Waals surface area contributed by atoms with E-state index < -0.39 is 0 Å². The Morgan fingerprint density at radius 3 is 2.86 bits per heavy atom. The van der Waals surface area contributed by atoms with Crippen molar-refractivity contribution in [1.29, 1.82) is 0 Å². The van der Waals surface area contributed by atoms with Gasteiger partial charge in [-0.3, -0.25) is 0 Å². The molecule has 5 heteroatoms. The molecule has 0 bridgehead atoms. The highest BCUT2D eigenvalue weighted by atomic mass is 127. The lowest BCUT2D eigenvalue weighted by Gasteiger charge is -2.04. The summed E-state index contributed by atoms with van der Waals surface area (Å²) < 4.78 is 2.97. The van der Waals surface area contributed by atoms with E-state index in [1.807, 2.05) is 4.52 Å². The van der Waals surface area contributed by atoms with Crippen molar-refractivity contribution in [3.8, 4) is 0 Å². The molecule has 0 atom stereocenters. The number of anilines is 1. The maximum Gasteiger partial charge on any atom is 0.152 e. The second-order valence-corrected chi connectivity index (χ2v) is 4.64. The fraction of sp³-hybridized carbons (Fsp3) is 0.333. The molecular formula is C9H11IN4. The minimum atomic E-state index is 0.431. The van der Waals surface area contributed by atoms with Crippen molar-refractivity contribution in [2.24, 2.45) is 0 Å². The van der Waals surface area contributed by atoms with E-state index in [0.29, 0.717) is 11.7 Å². The van der Waals surface area contributed by atoms with Crippen LogP contribution in [-0.4, -0.2) is 14.6 Å². The van der Waals surface area contributed by atoms with Crippen LogP contribution in [0.1, 0.15) is 25.5 Å². The highest BCUT2D eigenvalue weighted by Crippen LogP contribution is 2.25. The Kier molecular flexibility index (Phi) is 2.34. The Morgan fingerprint density at radius 2 is 2.21 bits per heavy atom. The second-order valence-electron chi connectivity index (χ2n) is 3.48. The van der Waals surface area contributed by atoms with E-state index in [1.165, 1.54) is 12.0 Å². The van der Waals surface area contributed by atoms with Gasteiger partial charge in [-0.05, 0) is 34.6 Å². The molecular weight excluding hydrogens is 291 g/mol. The Hall–Kier alpha value is -0.850. The van der Waals surface area contributed by atoms with Crippen LogP contribution in [-0.2, 0) is 0 Å². The van der Waals surface area contributed by atoms with Gasteiger partial charge in [0, 0.05) is 9.26 Å². The maximum atomic E-state index is 5.79. The fourth-order valence-corrected chi connectivity index (χ4v) is 2.28. The lowest BCUT2D eigenvalue weighted by molar-refractivity contribution is 0.752. The van der Waals surface area contributed by atoms with Crippen molar-refractivity contribution < 1.29 is 0 Å². The molecule has 0 radical (unpaired) electrons. The number of nitrogens with two attached hydrogens (primary N) is 1. The van der Waals surface area contributed by atoms with Crippen LogP contribution in [0.15, 0.2) is 12.4 Å². The number of nitrogens with zero attached hydrogens (tertiary/aromatic N) is 3. The molecule has 2 rings (SSSR count). The molecule has 74 valence electrons. The average molecular weight is 302 g/mol. The first-order chi connectivity index (χ1) is 6.61. The van der Waals surface area contributed by atoms with Crippen molar-refractivity contribution in [3.05, 3.63) is 21.7 Å². The molecule has 0 aromatic carbocycles. The molecule has 0 saturated heterocycles. The number of hydrogen-bond acceptors (Lipinski definition) is 3. The molecule has 2 N–H and O–H groups in total. The lowest BCUT2D eigenvalue weighted by Crippen LogP contribution is -2.03. The highest BCUT2D eigenvalue weighted by molar-refractivity contribution is 14.1. The summed E-state index contributed by atoms with van der Waals surface area (Å²) in [5.74, 6) is 0.969. The number of aromatic nitrogens is 3. The van der Waals surface area contributed by atoms with Crippen LogP contribution in [0, 0.1) is 3.57 Å². The van der Waals surface area contributed by atoms with Crippen LogP contribution in [0.2, 0.25) is 0 Å². The Bertz CT molecular complexity index is 475. The molecule has 0 fully saturated rings. The Labute approximate surface area is 95.7 Å². The third-order valence-electron chi connectivity index (χ3n) is 2.16. The number of hydrogen-bond donors (Lipinski definition) is 1. The van der Waals surface area contributed by atoms with Crippen LogP contribution in [0.4, 0.5) is 5.82 Å². The molecule has 0 aliphatic heterocycles. The van der Waals surface area contributed by atoms with Gasteiger partial charge in [-0.25, -0.2) is 9.50 Å². The fourth-order valence-electron chi connectivity index (χ4n) is 1.46. The predicted octanol–water partition coefficient (Wildman–Crippen LogP) is 2.04. The molecule has 0 unspecified atom stereocenters. The molecule has 14 heavy (non-hydrogen) atoms. The smallest absolute Gasteiger partial charge is 0.152 e. The topological polar surface area (TPSA) is 56.2 Å². The van der Waals surface area contributed by atoms with E-state index in [-0.39, 0.29) is 0 Å². The van der Waals surface area contributed by atoms with Gasteiger partial charge in [-0.15, -0.1) is 0 Å². The van der Waals surface area contributed by atoms with Gasteiger partial charge < -0.3 is 5.73 Å². The third kappa shape index (κ3) is 1.35. The Morgan fingerprint density at radius 1 is 1.50 bits per heavy atom. The average Bonchev–Trinajstić information content (AvgIpc) is 2.45. The van der Waals surface area contributed by atoms with Gasteiger partial charge >= 0.3 is 0 Å². The minimum absolute atomic E-state index is 0.431. The van der Waals surface area contributed by atoms with Crippen LogP contribution in [0.25, 0.3) is 5.52 Å². The summed E-state index contributed by atoms with van der Waals surface area (Å²) in [6, 6.07) is 2.10. The molecule has 0 saturated carbocycles. The first-order valence-electron chi connectivity index (χ1n) is 4.39. The third-order valence-corrected chi connectivity index (χ3v) is 2.98. The first kappa shape index (κ1) is 9.70. The molecule has 0 aliphatic carbocycles. The van der Waals surface area contributed by atoms with Crippen molar-refractivity contribution >= 4 is 33.9 Å². The normalized spacial score (nSPS) is 11.4. The summed E-state index contributed by atoms with van der Waals surface area (Å²) in [4.78, 5) is 3.98. The van der Waals surface area contributed by atoms with Crippen molar-refractivity contribution in [3.63, 3.8) is 0 Å². The van der Waals surface area contributed by atoms with Gasteiger partial charge in [-0.1, -0.05) is 13.8 Å². The van der Waals surface area contributed by atoms with Gasteiger partial charge in [0.1, 0.15) is 11.8 Å². The van der Waals surface area contributed by atoms with Crippen molar-refractivity contribution in [2.45, 2.75) is 19.8 Å². The lowest BCUT2D eigenvalue weighted by atomic mass is 10.1. The zero-order valence-electron chi connectivity index (χ0n) is 8.03. The summed E-state index contributed by atoms with van der Waals surface area (Å²) in [6.45, 7) is 4.27. The molecule has 0 aliphatic rings. The highest BCUT2D eigenvalue weighted by Gasteiger charge is 2.13. The SMILES string of the molecule is CC(C)c1cc(I)c2c(N)ncnn12.